The second-order valence-electron chi connectivity index (χ2n) is 6.58. The van der Waals surface area contributed by atoms with E-state index in [9.17, 15) is 0 Å². The summed E-state index contributed by atoms with van der Waals surface area (Å²) in [6.07, 6.45) is 4.55. The van der Waals surface area contributed by atoms with Crippen LogP contribution < -0.4 is 10.6 Å². The molecule has 2 fully saturated rings. The lowest BCUT2D eigenvalue weighted by atomic mass is 10.0. The van der Waals surface area contributed by atoms with Crippen LogP contribution in [0.5, 0.6) is 0 Å². The summed E-state index contributed by atoms with van der Waals surface area (Å²) in [6.45, 7) is 10.4. The van der Waals surface area contributed by atoms with Crippen LogP contribution in [0.2, 0.25) is 0 Å². The van der Waals surface area contributed by atoms with Crippen molar-refractivity contribution in [1.29, 1.82) is 0 Å². The Balaban J connectivity index is 0.00000208. The summed E-state index contributed by atoms with van der Waals surface area (Å²) in [7, 11) is 0. The van der Waals surface area contributed by atoms with Crippen molar-refractivity contribution in [2.75, 3.05) is 57.3 Å². The molecule has 1 aromatic heterocycles. The zero-order chi connectivity index (χ0) is 16.1. The van der Waals surface area contributed by atoms with Crippen molar-refractivity contribution >= 4 is 46.4 Å². The smallest absolute Gasteiger partial charge is 0.191 e. The molecule has 0 bridgehead atoms. The van der Waals surface area contributed by atoms with Gasteiger partial charge in [-0.3, -0.25) is 4.99 Å². The molecule has 0 saturated carbocycles. The summed E-state index contributed by atoms with van der Waals surface area (Å²) in [6, 6.07) is 0. The lowest BCUT2D eigenvalue weighted by Gasteiger charge is -2.35. The zero-order valence-corrected chi connectivity index (χ0v) is 17.6. The predicted molar refractivity (Wildman–Crippen MR) is 113 cm³/mol. The Bertz CT molecular complexity index is 501. The summed E-state index contributed by atoms with van der Waals surface area (Å²) >= 11 is 1.70. The van der Waals surface area contributed by atoms with E-state index in [1.807, 2.05) is 11.6 Å². The minimum atomic E-state index is 0. The number of guanidine groups is 1. The molecule has 1 atom stereocenters. The summed E-state index contributed by atoms with van der Waals surface area (Å²) < 4.78 is 0. The van der Waals surface area contributed by atoms with Crippen molar-refractivity contribution < 1.29 is 0 Å². The highest BCUT2D eigenvalue weighted by atomic mass is 127. The quantitative estimate of drug-likeness (QED) is 0.419. The summed E-state index contributed by atoms with van der Waals surface area (Å²) in [4.78, 5) is 16.0. The highest BCUT2D eigenvalue weighted by Gasteiger charge is 2.20. The molecule has 3 rings (SSSR count). The van der Waals surface area contributed by atoms with Crippen LogP contribution in [0.4, 0.5) is 5.13 Å². The monoisotopic (exact) mass is 464 g/mol. The molecule has 136 valence electrons. The molecule has 2 aliphatic rings. The van der Waals surface area contributed by atoms with Gasteiger partial charge in [0, 0.05) is 50.8 Å². The van der Waals surface area contributed by atoms with Crippen LogP contribution >= 0.6 is 35.3 Å². The average molecular weight is 464 g/mol. The molecule has 0 amide bonds. The van der Waals surface area contributed by atoms with Gasteiger partial charge in [-0.1, -0.05) is 6.92 Å². The van der Waals surface area contributed by atoms with E-state index in [2.05, 4.69) is 31.6 Å². The second kappa shape index (κ2) is 9.76. The topological polar surface area (TPSA) is 61.0 Å². The number of piperazine rings is 1. The molecule has 3 heterocycles. The van der Waals surface area contributed by atoms with Crippen molar-refractivity contribution in [3.05, 3.63) is 11.6 Å². The van der Waals surface area contributed by atoms with Gasteiger partial charge in [0.25, 0.3) is 0 Å². The van der Waals surface area contributed by atoms with Gasteiger partial charge in [-0.05, 0) is 25.3 Å². The van der Waals surface area contributed by atoms with Crippen molar-refractivity contribution in [1.82, 2.24) is 14.8 Å². The van der Waals surface area contributed by atoms with E-state index in [-0.39, 0.29) is 24.0 Å². The number of hydrogen-bond acceptors (Lipinski definition) is 5. The van der Waals surface area contributed by atoms with E-state index < -0.39 is 0 Å². The fraction of sp³-hybridized carbons (Fsp3) is 0.750. The van der Waals surface area contributed by atoms with Gasteiger partial charge in [0.15, 0.2) is 11.1 Å². The number of aliphatic imine (C=N–C) groups is 1. The molecule has 8 heteroatoms. The SMILES string of the molecule is CC1CCCN(CCN=C(N)N2CCN(c3nccs3)CC2)C1.I. The first kappa shape index (κ1) is 19.7. The third-order valence-corrected chi connectivity index (χ3v) is 5.56. The summed E-state index contributed by atoms with van der Waals surface area (Å²) in [5.41, 5.74) is 6.18. The zero-order valence-electron chi connectivity index (χ0n) is 14.4. The van der Waals surface area contributed by atoms with Gasteiger partial charge in [-0.2, -0.15) is 0 Å². The second-order valence-corrected chi connectivity index (χ2v) is 7.45. The molecule has 6 nitrogen and oxygen atoms in total. The molecule has 0 aliphatic carbocycles. The van der Waals surface area contributed by atoms with E-state index in [1.165, 1.54) is 25.9 Å². The Hall–Kier alpha value is -0.610. The van der Waals surface area contributed by atoms with Crippen molar-refractivity contribution in [2.45, 2.75) is 19.8 Å². The van der Waals surface area contributed by atoms with Crippen LogP contribution in [-0.4, -0.2) is 73.1 Å². The minimum Gasteiger partial charge on any atom is -0.370 e. The van der Waals surface area contributed by atoms with Crippen LogP contribution in [0.1, 0.15) is 19.8 Å². The maximum absolute atomic E-state index is 6.18. The molecule has 2 N–H and O–H groups in total. The van der Waals surface area contributed by atoms with Crippen molar-refractivity contribution in [3.63, 3.8) is 0 Å². The summed E-state index contributed by atoms with van der Waals surface area (Å²) in [5, 5.41) is 3.14. The Morgan fingerprint density at radius 2 is 2.12 bits per heavy atom. The van der Waals surface area contributed by atoms with Crippen LogP contribution in [-0.2, 0) is 0 Å². The van der Waals surface area contributed by atoms with Gasteiger partial charge in [-0.15, -0.1) is 35.3 Å². The standard InChI is InChI=1S/C16H28N6S.HI/c1-14-3-2-6-20(13-14)7-4-18-15(17)21-8-10-22(11-9-21)16-19-5-12-23-16;/h5,12,14H,2-4,6-11,13H2,1H3,(H2,17,18);1H. The number of anilines is 1. The number of rotatable bonds is 4. The van der Waals surface area contributed by atoms with Gasteiger partial charge < -0.3 is 20.4 Å². The number of piperidine rings is 1. The molecule has 2 aliphatic heterocycles. The van der Waals surface area contributed by atoms with E-state index in [1.54, 1.807) is 11.3 Å². The first-order chi connectivity index (χ1) is 11.2. The maximum atomic E-state index is 6.18. The number of aromatic nitrogens is 1. The third kappa shape index (κ3) is 5.45. The first-order valence-corrected chi connectivity index (χ1v) is 9.52. The Morgan fingerprint density at radius 3 is 2.79 bits per heavy atom. The van der Waals surface area contributed by atoms with Gasteiger partial charge in [0.1, 0.15) is 0 Å². The lowest BCUT2D eigenvalue weighted by molar-refractivity contribution is 0.188. The van der Waals surface area contributed by atoms with Gasteiger partial charge >= 0.3 is 0 Å². The van der Waals surface area contributed by atoms with Crippen LogP contribution in [0.15, 0.2) is 16.6 Å². The van der Waals surface area contributed by atoms with Gasteiger partial charge in [0.2, 0.25) is 0 Å². The molecule has 0 spiro atoms. The van der Waals surface area contributed by atoms with Crippen molar-refractivity contribution in [3.8, 4) is 0 Å². The first-order valence-electron chi connectivity index (χ1n) is 8.64. The number of halogens is 1. The largest absolute Gasteiger partial charge is 0.370 e. The fourth-order valence-electron chi connectivity index (χ4n) is 3.39. The number of nitrogens with zero attached hydrogens (tertiary/aromatic N) is 5. The molecule has 1 aromatic rings. The highest BCUT2D eigenvalue weighted by Crippen LogP contribution is 2.18. The molecule has 1 unspecified atom stereocenters. The normalized spacial score (nSPS) is 23.2. The Kier molecular flexibility index (Phi) is 8.02. The predicted octanol–water partition coefficient (Wildman–Crippen LogP) is 1.93. The van der Waals surface area contributed by atoms with E-state index in [0.29, 0.717) is 5.96 Å². The molecular formula is C16H29IN6S. The molecule has 0 radical (unpaired) electrons. The van der Waals surface area contributed by atoms with Crippen LogP contribution in [0, 0.1) is 5.92 Å². The van der Waals surface area contributed by atoms with Gasteiger partial charge in [0.05, 0.1) is 6.54 Å². The minimum absolute atomic E-state index is 0. The van der Waals surface area contributed by atoms with E-state index >= 15 is 0 Å². The molecular weight excluding hydrogens is 435 g/mol. The average Bonchev–Trinajstić information content (AvgIpc) is 3.09. The number of likely N-dealkylation sites (tertiary alicyclic amines) is 1. The number of nitrogens with two attached hydrogens (primary N) is 1. The Morgan fingerprint density at radius 1 is 1.33 bits per heavy atom. The summed E-state index contributed by atoms with van der Waals surface area (Å²) in [5.74, 6) is 1.53. The van der Waals surface area contributed by atoms with Gasteiger partial charge in [-0.25, -0.2) is 4.98 Å². The van der Waals surface area contributed by atoms with E-state index in [4.69, 9.17) is 5.73 Å². The fourth-order valence-corrected chi connectivity index (χ4v) is 4.09. The number of hydrogen-bond donors (Lipinski definition) is 1. The van der Waals surface area contributed by atoms with Crippen LogP contribution in [0.3, 0.4) is 0 Å². The molecule has 2 saturated heterocycles. The molecule has 0 aromatic carbocycles. The third-order valence-electron chi connectivity index (χ3n) is 4.72. The number of thiazole rings is 1. The van der Waals surface area contributed by atoms with Crippen LogP contribution in [0.25, 0.3) is 0 Å². The highest BCUT2D eigenvalue weighted by molar-refractivity contribution is 14.0. The maximum Gasteiger partial charge on any atom is 0.191 e. The van der Waals surface area contributed by atoms with E-state index in [0.717, 1.165) is 50.3 Å². The lowest BCUT2D eigenvalue weighted by Crippen LogP contribution is -2.51. The molecule has 24 heavy (non-hydrogen) atoms. The van der Waals surface area contributed by atoms with Crippen molar-refractivity contribution in [2.24, 2.45) is 16.6 Å². The Labute approximate surface area is 166 Å².